The van der Waals surface area contributed by atoms with Crippen LogP contribution in [0, 0.1) is 0 Å². The lowest BCUT2D eigenvalue weighted by atomic mass is 9.98. The van der Waals surface area contributed by atoms with Crippen LogP contribution in [0.5, 0.6) is 11.5 Å². The number of nitrogens with two attached hydrogens (primary N) is 1. The van der Waals surface area contributed by atoms with Crippen LogP contribution < -0.4 is 21.1 Å². The first-order valence-electron chi connectivity index (χ1n) is 15.9. The van der Waals surface area contributed by atoms with Crippen molar-refractivity contribution < 1.29 is 29.3 Å². The SMILES string of the molecule is CCCN(CCC)C(=O)Cc1cc(CC(N)=O)cc(CC(=O)N[C@@H](Cc2cccc(O)c2)[C@H](O)CNCc2cccc(OC)c2)c1. The number of methoxy groups -OCH3 is 1. The maximum Gasteiger partial charge on any atom is 0.226 e. The van der Waals surface area contributed by atoms with Crippen molar-refractivity contribution in [2.75, 3.05) is 26.7 Å². The van der Waals surface area contributed by atoms with Gasteiger partial charge in [-0.3, -0.25) is 14.4 Å². The smallest absolute Gasteiger partial charge is 0.226 e. The Labute approximate surface area is 272 Å². The predicted molar refractivity (Wildman–Crippen MR) is 178 cm³/mol. The van der Waals surface area contributed by atoms with Crippen LogP contribution in [-0.2, 0) is 46.6 Å². The highest BCUT2D eigenvalue weighted by Gasteiger charge is 2.23. The second-order valence-electron chi connectivity index (χ2n) is 11.6. The van der Waals surface area contributed by atoms with Crippen LogP contribution in [0.15, 0.2) is 66.7 Å². The topological polar surface area (TPSA) is 154 Å². The van der Waals surface area contributed by atoms with E-state index >= 15 is 0 Å². The van der Waals surface area contributed by atoms with Gasteiger partial charge < -0.3 is 36.2 Å². The van der Waals surface area contributed by atoms with Gasteiger partial charge in [-0.1, -0.05) is 56.3 Å². The zero-order chi connectivity index (χ0) is 33.5. The molecule has 0 fully saturated rings. The molecule has 0 aliphatic heterocycles. The van der Waals surface area contributed by atoms with Gasteiger partial charge in [0.2, 0.25) is 17.7 Å². The van der Waals surface area contributed by atoms with Crippen LogP contribution in [0.4, 0.5) is 0 Å². The third-order valence-corrected chi connectivity index (χ3v) is 7.54. The highest BCUT2D eigenvalue weighted by atomic mass is 16.5. The molecule has 10 nitrogen and oxygen atoms in total. The van der Waals surface area contributed by atoms with E-state index in [0.29, 0.717) is 36.3 Å². The van der Waals surface area contributed by atoms with Crippen molar-refractivity contribution in [1.82, 2.24) is 15.5 Å². The zero-order valence-corrected chi connectivity index (χ0v) is 27.1. The van der Waals surface area contributed by atoms with E-state index in [1.54, 1.807) is 37.4 Å². The fraction of sp³-hybridized carbons (Fsp3) is 0.417. The Bertz CT molecular complexity index is 1440. The van der Waals surface area contributed by atoms with Crippen molar-refractivity contribution >= 4 is 17.7 Å². The number of nitrogens with one attached hydrogen (secondary N) is 2. The summed E-state index contributed by atoms with van der Waals surface area (Å²) in [4.78, 5) is 40.1. The standard InChI is InChI=1S/C36H48N4O6/c1-4-12-40(13-5-2)36(45)22-29-15-27(20-34(37)43)14-28(16-29)21-35(44)39-32(19-25-8-6-10-30(41)17-25)33(42)24-38-23-26-9-7-11-31(18-26)46-3/h6-11,14-18,32-33,38,41-42H,4-5,12-13,19-24H2,1-3H3,(H2,37,43)(H,39,44)/t32-,33+/m0/s1. The van der Waals surface area contributed by atoms with Crippen molar-refractivity contribution in [3.05, 3.63) is 94.5 Å². The highest BCUT2D eigenvalue weighted by molar-refractivity contribution is 5.81. The largest absolute Gasteiger partial charge is 0.508 e. The summed E-state index contributed by atoms with van der Waals surface area (Å²) in [5.74, 6) is -0.0121. The van der Waals surface area contributed by atoms with Gasteiger partial charge in [0.25, 0.3) is 0 Å². The fourth-order valence-electron chi connectivity index (χ4n) is 5.49. The van der Waals surface area contributed by atoms with E-state index < -0.39 is 18.1 Å². The van der Waals surface area contributed by atoms with Crippen molar-refractivity contribution in [3.8, 4) is 11.5 Å². The molecule has 0 aliphatic rings. The molecule has 6 N–H and O–H groups in total. The molecule has 0 bridgehead atoms. The summed E-state index contributed by atoms with van der Waals surface area (Å²) < 4.78 is 5.28. The van der Waals surface area contributed by atoms with E-state index in [2.05, 4.69) is 10.6 Å². The van der Waals surface area contributed by atoms with E-state index in [0.717, 1.165) is 29.7 Å². The first kappa shape index (κ1) is 36.1. The summed E-state index contributed by atoms with van der Waals surface area (Å²) in [7, 11) is 1.61. The molecular weight excluding hydrogens is 584 g/mol. The Kier molecular flexibility index (Phi) is 14.5. The van der Waals surface area contributed by atoms with Gasteiger partial charge in [0.15, 0.2) is 0 Å². The van der Waals surface area contributed by atoms with E-state index in [9.17, 15) is 24.6 Å². The molecule has 0 spiro atoms. The molecule has 3 rings (SSSR count). The minimum absolute atomic E-state index is 0.00827. The van der Waals surface area contributed by atoms with Gasteiger partial charge in [-0.05, 0) is 71.3 Å². The molecule has 10 heteroatoms. The first-order valence-corrected chi connectivity index (χ1v) is 15.9. The van der Waals surface area contributed by atoms with Crippen LogP contribution in [0.1, 0.15) is 54.5 Å². The average molecular weight is 633 g/mol. The molecular formula is C36H48N4O6. The quantitative estimate of drug-likeness (QED) is 0.136. The van der Waals surface area contributed by atoms with Crippen molar-refractivity contribution in [1.29, 1.82) is 0 Å². The molecule has 3 aromatic rings. The number of aromatic hydroxyl groups is 1. The molecule has 0 saturated heterocycles. The highest BCUT2D eigenvalue weighted by Crippen LogP contribution is 2.17. The van der Waals surface area contributed by atoms with Gasteiger partial charge in [-0.25, -0.2) is 0 Å². The number of aliphatic hydroxyl groups is 1. The maximum atomic E-state index is 13.4. The molecule has 248 valence electrons. The average Bonchev–Trinajstić information content (AvgIpc) is 3.00. The van der Waals surface area contributed by atoms with Crippen LogP contribution in [-0.4, -0.2) is 71.7 Å². The van der Waals surface area contributed by atoms with Crippen LogP contribution in [0.2, 0.25) is 0 Å². The Morgan fingerprint density at radius 2 is 1.48 bits per heavy atom. The molecule has 3 amide bonds. The third kappa shape index (κ3) is 12.2. The molecule has 0 aliphatic carbocycles. The lowest BCUT2D eigenvalue weighted by molar-refractivity contribution is -0.130. The van der Waals surface area contributed by atoms with E-state index in [1.807, 2.05) is 55.1 Å². The number of hydrogen-bond acceptors (Lipinski definition) is 7. The molecule has 3 aromatic carbocycles. The summed E-state index contributed by atoms with van der Waals surface area (Å²) in [6, 6.07) is 19.0. The fourth-order valence-corrected chi connectivity index (χ4v) is 5.49. The number of amides is 3. The molecule has 0 unspecified atom stereocenters. The maximum absolute atomic E-state index is 13.4. The van der Waals surface area contributed by atoms with Crippen LogP contribution in [0.25, 0.3) is 0 Å². The van der Waals surface area contributed by atoms with E-state index in [4.69, 9.17) is 10.5 Å². The van der Waals surface area contributed by atoms with Gasteiger partial charge in [0.1, 0.15) is 11.5 Å². The van der Waals surface area contributed by atoms with Gasteiger partial charge in [0, 0.05) is 26.2 Å². The second kappa shape index (κ2) is 18.5. The number of nitrogens with zero attached hydrogens (tertiary/aromatic N) is 1. The summed E-state index contributed by atoms with van der Waals surface area (Å²) in [6.07, 6.45) is 1.15. The van der Waals surface area contributed by atoms with Crippen molar-refractivity contribution in [2.45, 2.75) is 71.1 Å². The molecule has 0 aromatic heterocycles. The van der Waals surface area contributed by atoms with Gasteiger partial charge in [0.05, 0.1) is 38.5 Å². The van der Waals surface area contributed by atoms with Gasteiger partial charge in [-0.2, -0.15) is 0 Å². The zero-order valence-electron chi connectivity index (χ0n) is 27.1. The monoisotopic (exact) mass is 632 g/mol. The second-order valence-corrected chi connectivity index (χ2v) is 11.6. The molecule has 0 heterocycles. The number of ether oxygens (including phenoxy) is 1. The molecule has 2 atom stereocenters. The third-order valence-electron chi connectivity index (χ3n) is 7.54. The number of carbonyl (C=O) groups is 3. The number of phenols is 1. The number of rotatable bonds is 19. The lowest BCUT2D eigenvalue weighted by Gasteiger charge is -2.25. The number of benzene rings is 3. The number of carbonyl (C=O) groups excluding carboxylic acids is 3. The van der Waals surface area contributed by atoms with Crippen LogP contribution in [0.3, 0.4) is 0 Å². The van der Waals surface area contributed by atoms with Crippen LogP contribution >= 0.6 is 0 Å². The summed E-state index contributed by atoms with van der Waals surface area (Å²) in [6.45, 7) is 6.08. The number of phenolic OH excluding ortho intramolecular Hbond substituents is 1. The first-order chi connectivity index (χ1) is 22.1. The van der Waals surface area contributed by atoms with Crippen molar-refractivity contribution in [2.24, 2.45) is 5.73 Å². The minimum Gasteiger partial charge on any atom is -0.508 e. The predicted octanol–water partition coefficient (Wildman–Crippen LogP) is 3.04. The Balaban J connectivity index is 1.75. The minimum atomic E-state index is -0.950. The number of hydrogen-bond donors (Lipinski definition) is 5. The Hall–Kier alpha value is -4.41. The summed E-state index contributed by atoms with van der Waals surface area (Å²) in [5, 5.41) is 27.4. The Morgan fingerprint density at radius 1 is 0.848 bits per heavy atom. The lowest BCUT2D eigenvalue weighted by Crippen LogP contribution is -2.49. The summed E-state index contributed by atoms with van der Waals surface area (Å²) in [5.41, 5.74) is 9.20. The number of primary amides is 1. The number of aliphatic hydroxyl groups excluding tert-OH is 1. The van der Waals surface area contributed by atoms with Gasteiger partial charge in [-0.15, -0.1) is 0 Å². The van der Waals surface area contributed by atoms with Gasteiger partial charge >= 0.3 is 0 Å². The molecule has 46 heavy (non-hydrogen) atoms. The normalized spacial score (nSPS) is 12.3. The summed E-state index contributed by atoms with van der Waals surface area (Å²) >= 11 is 0. The van der Waals surface area contributed by atoms with E-state index in [1.165, 1.54) is 0 Å². The Morgan fingerprint density at radius 3 is 2.11 bits per heavy atom. The molecule has 0 saturated carbocycles. The van der Waals surface area contributed by atoms with Crippen molar-refractivity contribution in [3.63, 3.8) is 0 Å². The molecule has 0 radical (unpaired) electrons. The van der Waals surface area contributed by atoms with E-state index in [-0.39, 0.29) is 49.8 Å².